The number of methoxy groups -OCH3 is 1. The van der Waals surface area contributed by atoms with Crippen molar-refractivity contribution >= 4 is 12.0 Å². The van der Waals surface area contributed by atoms with Crippen LogP contribution in [0.5, 0.6) is 0 Å². The molecule has 0 saturated carbocycles. The van der Waals surface area contributed by atoms with Gasteiger partial charge in [-0.05, 0) is 13.8 Å². The van der Waals surface area contributed by atoms with Crippen molar-refractivity contribution in [1.82, 2.24) is 10.2 Å². The highest BCUT2D eigenvalue weighted by atomic mass is 16.5. The number of urea groups is 1. The maximum absolute atomic E-state index is 11.7. The Morgan fingerprint density at radius 1 is 1.47 bits per heavy atom. The first-order valence-electron chi connectivity index (χ1n) is 5.13. The van der Waals surface area contributed by atoms with Gasteiger partial charge in [0.15, 0.2) is 6.04 Å². The van der Waals surface area contributed by atoms with Crippen molar-refractivity contribution < 1.29 is 24.5 Å². The highest BCUT2D eigenvalue weighted by molar-refractivity contribution is 5.82. The fraction of sp³-hybridized carbons (Fsp3) is 0.800. The van der Waals surface area contributed by atoms with Gasteiger partial charge in [-0.3, -0.25) is 0 Å². The lowest BCUT2D eigenvalue weighted by Gasteiger charge is -2.34. The lowest BCUT2D eigenvalue weighted by molar-refractivity contribution is -0.140. The Morgan fingerprint density at radius 2 is 2.00 bits per heavy atom. The van der Waals surface area contributed by atoms with Gasteiger partial charge in [0.1, 0.15) is 0 Å². The van der Waals surface area contributed by atoms with Crippen LogP contribution in [0.1, 0.15) is 13.8 Å². The van der Waals surface area contributed by atoms with E-state index >= 15 is 0 Å². The summed E-state index contributed by atoms with van der Waals surface area (Å²) in [6.07, 6.45) is 0. The molecule has 0 spiro atoms. The summed E-state index contributed by atoms with van der Waals surface area (Å²) < 4.78 is 4.69. The smallest absolute Gasteiger partial charge is 0.328 e. The molecule has 0 aromatic heterocycles. The molecule has 0 aliphatic heterocycles. The topological polar surface area (TPSA) is 99.1 Å². The van der Waals surface area contributed by atoms with E-state index in [1.165, 1.54) is 19.1 Å². The zero-order valence-corrected chi connectivity index (χ0v) is 10.6. The summed E-state index contributed by atoms with van der Waals surface area (Å²) in [5.41, 5.74) is -0.764. The second-order valence-electron chi connectivity index (χ2n) is 4.33. The number of likely N-dealkylation sites (N-methyl/N-ethyl adjacent to an activating group) is 1. The Bertz CT molecular complexity index is 280. The van der Waals surface area contributed by atoms with E-state index in [9.17, 15) is 9.59 Å². The van der Waals surface area contributed by atoms with Crippen LogP contribution in [0.3, 0.4) is 0 Å². The van der Waals surface area contributed by atoms with Gasteiger partial charge in [-0.15, -0.1) is 0 Å². The van der Waals surface area contributed by atoms with Crippen molar-refractivity contribution in [3.63, 3.8) is 0 Å². The van der Waals surface area contributed by atoms with Crippen LogP contribution in [0.2, 0.25) is 0 Å². The van der Waals surface area contributed by atoms with Gasteiger partial charge in [0, 0.05) is 14.2 Å². The molecule has 2 amide bonds. The molecule has 0 aliphatic carbocycles. The molecule has 0 saturated heterocycles. The molecular formula is C10H20N2O5. The first-order chi connectivity index (χ1) is 7.76. The molecule has 3 N–H and O–H groups in total. The van der Waals surface area contributed by atoms with E-state index in [-0.39, 0.29) is 13.2 Å². The molecule has 0 aromatic carbocycles. The van der Waals surface area contributed by atoms with Crippen LogP contribution >= 0.6 is 0 Å². The molecule has 7 heteroatoms. The molecule has 0 radical (unpaired) electrons. The number of carboxylic acids is 1. The standard InChI is InChI=1S/C10H20N2O5/c1-10(2,6-13)12(3)9(16)11-7(5-17-4)8(14)15/h7,13H,5-6H2,1-4H3,(H,11,16)(H,14,15). The Morgan fingerprint density at radius 3 is 2.35 bits per heavy atom. The second kappa shape index (κ2) is 6.41. The van der Waals surface area contributed by atoms with Gasteiger partial charge >= 0.3 is 12.0 Å². The normalized spacial score (nSPS) is 13.0. The number of aliphatic carboxylic acids is 1. The number of nitrogens with one attached hydrogen (secondary N) is 1. The van der Waals surface area contributed by atoms with Gasteiger partial charge in [-0.1, -0.05) is 0 Å². The first-order valence-corrected chi connectivity index (χ1v) is 5.13. The third-order valence-corrected chi connectivity index (χ3v) is 2.53. The number of hydrogen-bond acceptors (Lipinski definition) is 4. The summed E-state index contributed by atoms with van der Waals surface area (Å²) in [5.74, 6) is -1.17. The van der Waals surface area contributed by atoms with Crippen molar-refractivity contribution in [3.8, 4) is 0 Å². The summed E-state index contributed by atoms with van der Waals surface area (Å²) in [5, 5.41) is 20.2. The van der Waals surface area contributed by atoms with Gasteiger partial charge in [0.05, 0.1) is 18.8 Å². The number of aliphatic hydroxyl groups is 1. The van der Waals surface area contributed by atoms with Gasteiger partial charge in [0.25, 0.3) is 0 Å². The second-order valence-corrected chi connectivity index (χ2v) is 4.33. The largest absolute Gasteiger partial charge is 0.480 e. The van der Waals surface area contributed by atoms with Crippen LogP contribution in [0.4, 0.5) is 4.79 Å². The lowest BCUT2D eigenvalue weighted by atomic mass is 10.1. The van der Waals surface area contributed by atoms with Crippen molar-refractivity contribution in [2.45, 2.75) is 25.4 Å². The average molecular weight is 248 g/mol. The summed E-state index contributed by atoms with van der Waals surface area (Å²) in [6.45, 7) is 2.99. The highest BCUT2D eigenvalue weighted by Gasteiger charge is 2.29. The molecule has 0 aliphatic rings. The quantitative estimate of drug-likeness (QED) is 0.588. The number of amides is 2. The summed E-state index contributed by atoms with van der Waals surface area (Å²) in [7, 11) is 2.83. The zero-order chi connectivity index (χ0) is 13.6. The summed E-state index contributed by atoms with van der Waals surface area (Å²) in [4.78, 5) is 23.8. The van der Waals surface area contributed by atoms with Gasteiger partial charge < -0.3 is 25.2 Å². The third kappa shape index (κ3) is 4.58. The molecule has 7 nitrogen and oxygen atoms in total. The average Bonchev–Trinajstić information content (AvgIpc) is 2.27. The van der Waals surface area contributed by atoms with Crippen LogP contribution in [0.25, 0.3) is 0 Å². The molecule has 0 fully saturated rings. The Balaban J connectivity index is 4.56. The van der Waals surface area contributed by atoms with Gasteiger partial charge in [-0.2, -0.15) is 0 Å². The SMILES string of the molecule is COCC(NC(=O)N(C)C(C)(C)CO)C(=O)O. The fourth-order valence-corrected chi connectivity index (χ4v) is 0.968. The molecule has 100 valence electrons. The number of rotatable bonds is 6. The number of carboxylic acid groups (broad SMARTS) is 1. The lowest BCUT2D eigenvalue weighted by Crippen LogP contribution is -2.55. The number of nitrogens with zero attached hydrogens (tertiary/aromatic N) is 1. The summed E-state index contributed by atoms with van der Waals surface area (Å²) in [6, 6.07) is -1.68. The monoisotopic (exact) mass is 248 g/mol. The molecule has 0 aromatic rings. The van der Waals surface area contributed by atoms with Crippen LogP contribution in [0.15, 0.2) is 0 Å². The number of carbonyl (C=O) groups is 2. The number of aliphatic hydroxyl groups excluding tert-OH is 1. The minimum absolute atomic E-state index is 0.117. The molecule has 0 bridgehead atoms. The molecule has 1 atom stereocenters. The minimum atomic E-state index is -1.17. The Hall–Kier alpha value is -1.34. The zero-order valence-electron chi connectivity index (χ0n) is 10.6. The van der Waals surface area contributed by atoms with E-state index in [1.807, 2.05) is 0 Å². The van der Waals surface area contributed by atoms with Crippen molar-refractivity contribution in [3.05, 3.63) is 0 Å². The van der Waals surface area contributed by atoms with E-state index in [1.54, 1.807) is 13.8 Å². The number of carbonyl (C=O) groups excluding carboxylic acids is 1. The first kappa shape index (κ1) is 15.7. The van der Waals surface area contributed by atoms with E-state index in [4.69, 9.17) is 14.9 Å². The van der Waals surface area contributed by atoms with E-state index in [0.29, 0.717) is 0 Å². The highest BCUT2D eigenvalue weighted by Crippen LogP contribution is 2.10. The third-order valence-electron chi connectivity index (χ3n) is 2.53. The maximum atomic E-state index is 11.7. The molecular weight excluding hydrogens is 228 g/mol. The number of ether oxygens (including phenoxy) is 1. The van der Waals surface area contributed by atoms with E-state index in [0.717, 1.165) is 0 Å². The number of hydrogen-bond donors (Lipinski definition) is 3. The van der Waals surface area contributed by atoms with E-state index < -0.39 is 23.6 Å². The Kier molecular flexibility index (Phi) is 5.90. The van der Waals surface area contributed by atoms with Crippen LogP contribution in [0, 0.1) is 0 Å². The van der Waals surface area contributed by atoms with Crippen molar-refractivity contribution in [2.75, 3.05) is 27.4 Å². The molecule has 17 heavy (non-hydrogen) atoms. The maximum Gasteiger partial charge on any atom is 0.328 e. The van der Waals surface area contributed by atoms with Crippen molar-refractivity contribution in [2.24, 2.45) is 0 Å². The van der Waals surface area contributed by atoms with Gasteiger partial charge in [0.2, 0.25) is 0 Å². The van der Waals surface area contributed by atoms with Crippen molar-refractivity contribution in [1.29, 1.82) is 0 Å². The van der Waals surface area contributed by atoms with Crippen LogP contribution < -0.4 is 5.32 Å². The molecule has 0 heterocycles. The predicted molar refractivity (Wildman–Crippen MR) is 60.8 cm³/mol. The fourth-order valence-electron chi connectivity index (χ4n) is 0.968. The minimum Gasteiger partial charge on any atom is -0.480 e. The van der Waals surface area contributed by atoms with Crippen LogP contribution in [-0.4, -0.2) is 66.1 Å². The Labute approximate surface area is 100 Å². The summed E-state index contributed by atoms with van der Waals surface area (Å²) >= 11 is 0. The van der Waals surface area contributed by atoms with E-state index in [2.05, 4.69) is 5.32 Å². The van der Waals surface area contributed by atoms with Gasteiger partial charge in [-0.25, -0.2) is 9.59 Å². The molecule has 1 unspecified atom stereocenters. The van der Waals surface area contributed by atoms with Crippen LogP contribution in [-0.2, 0) is 9.53 Å². The molecule has 0 rings (SSSR count). The predicted octanol–water partition coefficient (Wildman–Crippen LogP) is -0.502.